The van der Waals surface area contributed by atoms with Gasteiger partial charge in [0.2, 0.25) is 0 Å². The van der Waals surface area contributed by atoms with Crippen LogP contribution in [-0.4, -0.2) is 41.4 Å². The molecule has 2 aliphatic rings. The highest BCUT2D eigenvalue weighted by atomic mass is 19.1. The third kappa shape index (κ3) is 2.81. The predicted molar refractivity (Wildman–Crippen MR) is 94.4 cm³/mol. The van der Waals surface area contributed by atoms with Crippen molar-refractivity contribution in [1.82, 2.24) is 14.7 Å². The second-order valence-corrected chi connectivity index (χ2v) is 7.06. The van der Waals surface area contributed by atoms with Gasteiger partial charge in [0.25, 0.3) is 0 Å². The highest BCUT2D eigenvalue weighted by molar-refractivity contribution is 5.55. The number of rotatable bonds is 2. The van der Waals surface area contributed by atoms with Gasteiger partial charge in [0.15, 0.2) is 0 Å². The monoisotopic (exact) mass is 328 g/mol. The molecule has 4 rings (SSSR count). The fourth-order valence-electron chi connectivity index (χ4n) is 4.04. The zero-order valence-corrected chi connectivity index (χ0v) is 14.3. The fraction of sp³-hybridized carbons (Fsp3) is 0.526. The van der Waals surface area contributed by atoms with Crippen LogP contribution in [0.2, 0.25) is 0 Å². The average molecular weight is 328 g/mol. The van der Waals surface area contributed by atoms with Gasteiger partial charge in [-0.25, -0.2) is 9.07 Å². The van der Waals surface area contributed by atoms with Crippen LogP contribution in [-0.2, 0) is 6.42 Å². The Kier molecular flexibility index (Phi) is 4.27. The summed E-state index contributed by atoms with van der Waals surface area (Å²) < 4.78 is 16.2. The molecular weight excluding hydrogens is 303 g/mol. The second-order valence-electron chi connectivity index (χ2n) is 7.06. The van der Waals surface area contributed by atoms with E-state index in [-0.39, 0.29) is 5.82 Å². The maximum absolute atomic E-state index is 14.4. The lowest BCUT2D eigenvalue weighted by Gasteiger charge is -2.29. The Morgan fingerprint density at radius 2 is 2.08 bits per heavy atom. The lowest BCUT2D eigenvalue weighted by atomic mass is 9.91. The number of likely N-dealkylation sites (tertiary alicyclic amines) is 1. The van der Waals surface area contributed by atoms with Crippen LogP contribution in [0.1, 0.15) is 42.9 Å². The number of para-hydroxylation sites is 1. The van der Waals surface area contributed by atoms with Crippen LogP contribution >= 0.6 is 0 Å². The Labute approximate surface area is 142 Å². The zero-order chi connectivity index (χ0) is 16.5. The van der Waals surface area contributed by atoms with Gasteiger partial charge in [0, 0.05) is 24.6 Å². The normalized spacial score (nSPS) is 21.8. The molecule has 5 heteroatoms. The number of nitrogens with one attached hydrogen (secondary N) is 1. The second kappa shape index (κ2) is 6.55. The van der Waals surface area contributed by atoms with Crippen molar-refractivity contribution in [1.29, 1.82) is 0 Å². The number of nitrogens with zero attached hydrogens (tertiary/aromatic N) is 3. The smallest absolute Gasteiger partial charge is 0.148 e. The third-order valence-electron chi connectivity index (χ3n) is 5.25. The van der Waals surface area contributed by atoms with Gasteiger partial charge < -0.3 is 10.2 Å². The largest absolute Gasteiger partial charge is 0.370 e. The van der Waals surface area contributed by atoms with Crippen molar-refractivity contribution in [3.8, 4) is 5.69 Å². The van der Waals surface area contributed by atoms with E-state index >= 15 is 0 Å². The van der Waals surface area contributed by atoms with E-state index in [9.17, 15) is 4.39 Å². The molecule has 0 saturated carbocycles. The molecule has 2 aromatic rings. The number of likely N-dealkylation sites (N-methyl/N-ethyl adjacent to an activating group) is 1. The molecule has 24 heavy (non-hydrogen) atoms. The number of benzene rings is 1. The number of hydrogen-bond acceptors (Lipinski definition) is 3. The van der Waals surface area contributed by atoms with Crippen LogP contribution < -0.4 is 5.32 Å². The first-order chi connectivity index (χ1) is 11.7. The molecule has 1 saturated heterocycles. The first kappa shape index (κ1) is 15.6. The Morgan fingerprint density at radius 3 is 2.92 bits per heavy atom. The summed E-state index contributed by atoms with van der Waals surface area (Å²) in [5.74, 6) is 1.23. The van der Waals surface area contributed by atoms with Gasteiger partial charge >= 0.3 is 0 Å². The number of anilines is 1. The molecule has 1 aromatic heterocycles. The van der Waals surface area contributed by atoms with Crippen molar-refractivity contribution in [2.24, 2.45) is 0 Å². The van der Waals surface area contributed by atoms with Crippen LogP contribution in [0.25, 0.3) is 5.69 Å². The summed E-state index contributed by atoms with van der Waals surface area (Å²) in [6, 6.07) is 6.92. The molecular formula is C19H25FN4. The van der Waals surface area contributed by atoms with Gasteiger partial charge in [-0.2, -0.15) is 5.10 Å². The minimum atomic E-state index is -0.221. The molecule has 1 atom stereocenters. The van der Waals surface area contributed by atoms with E-state index in [4.69, 9.17) is 5.10 Å². The fourth-order valence-corrected chi connectivity index (χ4v) is 4.04. The first-order valence-corrected chi connectivity index (χ1v) is 9.03. The third-order valence-corrected chi connectivity index (χ3v) is 5.25. The van der Waals surface area contributed by atoms with E-state index in [0.29, 0.717) is 11.6 Å². The summed E-state index contributed by atoms with van der Waals surface area (Å²) in [5, 5.41) is 8.42. The summed E-state index contributed by atoms with van der Waals surface area (Å²) in [6.45, 7) is 3.13. The minimum Gasteiger partial charge on any atom is -0.370 e. The van der Waals surface area contributed by atoms with Crippen LogP contribution in [0.15, 0.2) is 24.3 Å². The zero-order valence-electron chi connectivity index (χ0n) is 14.3. The summed E-state index contributed by atoms with van der Waals surface area (Å²) >= 11 is 0. The molecule has 0 spiro atoms. The van der Waals surface area contributed by atoms with Crippen LogP contribution in [0, 0.1) is 5.82 Å². The lowest BCUT2D eigenvalue weighted by molar-refractivity contribution is 0.247. The van der Waals surface area contributed by atoms with E-state index < -0.39 is 0 Å². The molecule has 3 heterocycles. The summed E-state index contributed by atoms with van der Waals surface area (Å²) in [4.78, 5) is 2.38. The molecule has 1 unspecified atom stereocenters. The Hall–Kier alpha value is -1.88. The molecule has 0 bridgehead atoms. The molecule has 4 nitrogen and oxygen atoms in total. The summed E-state index contributed by atoms with van der Waals surface area (Å²) in [6.07, 6.45) is 5.72. The number of piperidine rings is 1. The molecule has 1 N–H and O–H groups in total. The van der Waals surface area contributed by atoms with Crippen molar-refractivity contribution in [2.75, 3.05) is 32.0 Å². The van der Waals surface area contributed by atoms with Crippen molar-refractivity contribution in [3.05, 3.63) is 41.3 Å². The summed E-state index contributed by atoms with van der Waals surface area (Å²) in [5.41, 5.74) is 3.02. The van der Waals surface area contributed by atoms with Crippen LogP contribution in [0.3, 0.4) is 0 Å². The van der Waals surface area contributed by atoms with E-state index in [2.05, 4.69) is 17.3 Å². The molecule has 0 radical (unpaired) electrons. The van der Waals surface area contributed by atoms with Gasteiger partial charge in [-0.05, 0) is 57.8 Å². The standard InChI is InChI=1S/C19H25FN4/c1-23-12-6-7-14(13-23)18-15-8-4-5-11-21-19(15)24(22-18)17-10-3-2-9-16(17)20/h2-3,9-10,14,21H,4-8,11-13H2,1H3. The van der Waals surface area contributed by atoms with E-state index in [0.717, 1.165) is 38.3 Å². The van der Waals surface area contributed by atoms with Gasteiger partial charge in [-0.15, -0.1) is 0 Å². The van der Waals surface area contributed by atoms with Crippen LogP contribution in [0.5, 0.6) is 0 Å². The maximum atomic E-state index is 14.4. The molecule has 1 fully saturated rings. The molecule has 1 aromatic carbocycles. The lowest BCUT2D eigenvalue weighted by Crippen LogP contribution is -2.31. The number of hydrogen-bond donors (Lipinski definition) is 1. The van der Waals surface area contributed by atoms with Crippen molar-refractivity contribution >= 4 is 5.82 Å². The first-order valence-electron chi connectivity index (χ1n) is 9.03. The summed E-state index contributed by atoms with van der Waals surface area (Å²) in [7, 11) is 2.18. The Bertz CT molecular complexity index is 724. The number of halogens is 1. The SMILES string of the molecule is CN1CCCC(c2nn(-c3ccccc3F)c3c2CCCCN3)C1. The molecule has 0 amide bonds. The Balaban J connectivity index is 1.81. The number of fused-ring (bicyclic) bond motifs is 1. The average Bonchev–Trinajstić information content (AvgIpc) is 2.77. The van der Waals surface area contributed by atoms with E-state index in [1.807, 2.05) is 12.1 Å². The maximum Gasteiger partial charge on any atom is 0.148 e. The van der Waals surface area contributed by atoms with Gasteiger partial charge in [-0.3, -0.25) is 0 Å². The van der Waals surface area contributed by atoms with Gasteiger partial charge in [-0.1, -0.05) is 12.1 Å². The predicted octanol–water partition coefficient (Wildman–Crippen LogP) is 3.57. The van der Waals surface area contributed by atoms with E-state index in [1.54, 1.807) is 10.7 Å². The van der Waals surface area contributed by atoms with Gasteiger partial charge in [0.1, 0.15) is 17.3 Å². The van der Waals surface area contributed by atoms with Gasteiger partial charge in [0.05, 0.1) is 5.69 Å². The quantitative estimate of drug-likeness (QED) is 0.915. The highest BCUT2D eigenvalue weighted by Gasteiger charge is 2.29. The molecule has 128 valence electrons. The van der Waals surface area contributed by atoms with Crippen molar-refractivity contribution in [3.63, 3.8) is 0 Å². The molecule has 2 aliphatic heterocycles. The van der Waals surface area contributed by atoms with E-state index in [1.165, 1.54) is 36.6 Å². The number of aromatic nitrogens is 2. The minimum absolute atomic E-state index is 0.221. The highest BCUT2D eigenvalue weighted by Crippen LogP contribution is 2.35. The van der Waals surface area contributed by atoms with Crippen molar-refractivity contribution < 1.29 is 4.39 Å². The topological polar surface area (TPSA) is 33.1 Å². The Morgan fingerprint density at radius 1 is 1.21 bits per heavy atom. The molecule has 0 aliphatic carbocycles. The van der Waals surface area contributed by atoms with Crippen LogP contribution in [0.4, 0.5) is 10.2 Å². The van der Waals surface area contributed by atoms with Crippen molar-refractivity contribution in [2.45, 2.75) is 38.0 Å².